The summed E-state index contributed by atoms with van der Waals surface area (Å²) in [6.07, 6.45) is 0. The molecule has 0 aromatic heterocycles. The second-order valence-corrected chi connectivity index (χ2v) is 5.36. The van der Waals surface area contributed by atoms with E-state index in [1.807, 2.05) is 23.9 Å². The molecule has 0 atom stereocenters. The number of hydrogen-bond donors (Lipinski definition) is 0. The summed E-state index contributed by atoms with van der Waals surface area (Å²) in [6.45, 7) is 5.04. The van der Waals surface area contributed by atoms with E-state index >= 15 is 0 Å². The minimum absolute atomic E-state index is 0.803. The van der Waals surface area contributed by atoms with Crippen LogP contribution in [0.15, 0.2) is 29.2 Å². The summed E-state index contributed by atoms with van der Waals surface area (Å²) in [5.74, 6) is 1.13. The molecule has 1 aromatic rings. The van der Waals surface area contributed by atoms with Crippen LogP contribution in [0.3, 0.4) is 0 Å². The van der Waals surface area contributed by atoms with Gasteiger partial charge in [-0.2, -0.15) is 0 Å². The average molecular weight is 258 g/mol. The molecule has 2 nitrogen and oxygen atoms in total. The Morgan fingerprint density at radius 2 is 1.88 bits per heavy atom. The summed E-state index contributed by atoms with van der Waals surface area (Å²) in [4.78, 5) is 3.74. The summed E-state index contributed by atoms with van der Waals surface area (Å²) in [7, 11) is 0. The SMILES string of the molecule is Clc1ccc(SCCN2CCOCC2)cc1. The van der Waals surface area contributed by atoms with E-state index in [1.54, 1.807) is 0 Å². The van der Waals surface area contributed by atoms with E-state index in [0.29, 0.717) is 0 Å². The van der Waals surface area contributed by atoms with Gasteiger partial charge in [0.25, 0.3) is 0 Å². The minimum Gasteiger partial charge on any atom is -0.379 e. The van der Waals surface area contributed by atoms with Crippen LogP contribution in [-0.4, -0.2) is 43.5 Å². The molecule has 16 heavy (non-hydrogen) atoms. The monoisotopic (exact) mass is 257 g/mol. The maximum atomic E-state index is 5.84. The van der Waals surface area contributed by atoms with E-state index in [4.69, 9.17) is 16.3 Å². The van der Waals surface area contributed by atoms with Crippen LogP contribution in [-0.2, 0) is 4.74 Å². The van der Waals surface area contributed by atoms with E-state index in [1.165, 1.54) is 4.90 Å². The molecule has 0 bridgehead atoms. The van der Waals surface area contributed by atoms with Crippen molar-refractivity contribution in [1.29, 1.82) is 0 Å². The Labute approximate surface area is 106 Å². The first-order valence-corrected chi connectivity index (χ1v) is 6.89. The molecule has 1 aliphatic heterocycles. The maximum absolute atomic E-state index is 5.84. The molecule has 0 N–H and O–H groups in total. The Balaban J connectivity index is 1.69. The molecule has 0 spiro atoms. The van der Waals surface area contributed by atoms with Gasteiger partial charge in [0.15, 0.2) is 0 Å². The van der Waals surface area contributed by atoms with Crippen LogP contribution >= 0.6 is 23.4 Å². The van der Waals surface area contributed by atoms with Gasteiger partial charge in [0, 0.05) is 35.3 Å². The third-order valence-corrected chi connectivity index (χ3v) is 3.84. The van der Waals surface area contributed by atoms with Crippen molar-refractivity contribution in [1.82, 2.24) is 4.90 Å². The molecule has 0 aliphatic carbocycles. The molecule has 4 heteroatoms. The smallest absolute Gasteiger partial charge is 0.0594 e. The quantitative estimate of drug-likeness (QED) is 0.770. The van der Waals surface area contributed by atoms with E-state index < -0.39 is 0 Å². The zero-order chi connectivity index (χ0) is 11.2. The van der Waals surface area contributed by atoms with Gasteiger partial charge in [-0.25, -0.2) is 0 Å². The molecule has 1 aliphatic rings. The summed E-state index contributed by atoms with van der Waals surface area (Å²) >= 11 is 7.72. The van der Waals surface area contributed by atoms with Crippen LogP contribution < -0.4 is 0 Å². The van der Waals surface area contributed by atoms with Crippen LogP contribution in [0.4, 0.5) is 0 Å². The molecule has 1 fully saturated rings. The van der Waals surface area contributed by atoms with Gasteiger partial charge in [0.2, 0.25) is 0 Å². The Hall–Kier alpha value is -0.220. The summed E-state index contributed by atoms with van der Waals surface area (Å²) < 4.78 is 5.31. The van der Waals surface area contributed by atoms with Gasteiger partial charge in [0.05, 0.1) is 13.2 Å². The predicted octanol–water partition coefficient (Wildman–Crippen LogP) is 2.76. The fourth-order valence-corrected chi connectivity index (χ4v) is 2.69. The van der Waals surface area contributed by atoms with Gasteiger partial charge in [-0.15, -0.1) is 11.8 Å². The molecule has 2 rings (SSSR count). The van der Waals surface area contributed by atoms with Crippen LogP contribution in [0.1, 0.15) is 0 Å². The van der Waals surface area contributed by atoms with Crippen molar-refractivity contribution in [3.8, 4) is 0 Å². The van der Waals surface area contributed by atoms with Crippen molar-refractivity contribution in [2.24, 2.45) is 0 Å². The molecule has 88 valence electrons. The summed E-state index contributed by atoms with van der Waals surface area (Å²) in [6, 6.07) is 8.04. The van der Waals surface area contributed by atoms with E-state index in [-0.39, 0.29) is 0 Å². The highest BCUT2D eigenvalue weighted by molar-refractivity contribution is 7.99. The molecular weight excluding hydrogens is 242 g/mol. The maximum Gasteiger partial charge on any atom is 0.0594 e. The topological polar surface area (TPSA) is 12.5 Å². The molecule has 0 saturated carbocycles. The molecule has 1 heterocycles. The van der Waals surface area contributed by atoms with Crippen LogP contribution in [0.5, 0.6) is 0 Å². The molecular formula is C12H16ClNOS. The number of thioether (sulfide) groups is 1. The van der Waals surface area contributed by atoms with E-state index in [9.17, 15) is 0 Å². The standard InChI is InChI=1S/C12H16ClNOS/c13-11-1-3-12(4-2-11)16-10-7-14-5-8-15-9-6-14/h1-4H,5-10H2. The minimum atomic E-state index is 0.803. The number of halogens is 1. The highest BCUT2D eigenvalue weighted by atomic mass is 35.5. The Morgan fingerprint density at radius 1 is 1.19 bits per heavy atom. The summed E-state index contributed by atoms with van der Waals surface area (Å²) in [5, 5.41) is 0.803. The zero-order valence-corrected chi connectivity index (χ0v) is 10.8. The van der Waals surface area contributed by atoms with Gasteiger partial charge >= 0.3 is 0 Å². The molecule has 0 unspecified atom stereocenters. The van der Waals surface area contributed by atoms with Crippen LogP contribution in [0, 0.1) is 0 Å². The molecule has 0 amide bonds. The number of nitrogens with zero attached hydrogens (tertiary/aromatic N) is 1. The van der Waals surface area contributed by atoms with E-state index in [2.05, 4.69) is 17.0 Å². The van der Waals surface area contributed by atoms with Gasteiger partial charge in [-0.1, -0.05) is 11.6 Å². The molecule has 1 saturated heterocycles. The second kappa shape index (κ2) is 6.50. The van der Waals surface area contributed by atoms with Crippen LogP contribution in [0.25, 0.3) is 0 Å². The van der Waals surface area contributed by atoms with E-state index in [0.717, 1.165) is 43.6 Å². The highest BCUT2D eigenvalue weighted by Gasteiger charge is 2.09. The number of rotatable bonds is 4. The summed E-state index contributed by atoms with van der Waals surface area (Å²) in [5.41, 5.74) is 0. The fraction of sp³-hybridized carbons (Fsp3) is 0.500. The number of morpholine rings is 1. The number of ether oxygens (including phenoxy) is 1. The van der Waals surface area contributed by atoms with Crippen molar-refractivity contribution in [2.75, 3.05) is 38.6 Å². The highest BCUT2D eigenvalue weighted by Crippen LogP contribution is 2.20. The lowest BCUT2D eigenvalue weighted by molar-refractivity contribution is 0.0410. The largest absolute Gasteiger partial charge is 0.379 e. The molecule has 0 radical (unpaired) electrons. The van der Waals surface area contributed by atoms with Gasteiger partial charge in [0.1, 0.15) is 0 Å². The van der Waals surface area contributed by atoms with Gasteiger partial charge < -0.3 is 4.74 Å². The van der Waals surface area contributed by atoms with Crippen molar-refractivity contribution in [2.45, 2.75) is 4.90 Å². The number of hydrogen-bond acceptors (Lipinski definition) is 3. The van der Waals surface area contributed by atoms with Crippen molar-refractivity contribution < 1.29 is 4.74 Å². The Bertz CT molecular complexity index is 311. The normalized spacial score (nSPS) is 17.6. The van der Waals surface area contributed by atoms with Crippen molar-refractivity contribution in [3.05, 3.63) is 29.3 Å². The predicted molar refractivity (Wildman–Crippen MR) is 69.4 cm³/mol. The third-order valence-electron chi connectivity index (χ3n) is 2.59. The fourth-order valence-electron chi connectivity index (χ4n) is 1.65. The lowest BCUT2D eigenvalue weighted by Crippen LogP contribution is -2.37. The molecule has 1 aromatic carbocycles. The Morgan fingerprint density at radius 3 is 2.56 bits per heavy atom. The third kappa shape index (κ3) is 3.98. The first kappa shape index (κ1) is 12.2. The van der Waals surface area contributed by atoms with Gasteiger partial charge in [-0.3, -0.25) is 4.90 Å². The van der Waals surface area contributed by atoms with Crippen molar-refractivity contribution in [3.63, 3.8) is 0 Å². The first-order valence-electron chi connectivity index (χ1n) is 5.53. The number of benzene rings is 1. The second-order valence-electron chi connectivity index (χ2n) is 3.76. The van der Waals surface area contributed by atoms with Crippen LogP contribution in [0.2, 0.25) is 5.02 Å². The Kier molecular flexibility index (Phi) is 4.97. The average Bonchev–Trinajstić information content (AvgIpc) is 2.33. The van der Waals surface area contributed by atoms with Crippen molar-refractivity contribution >= 4 is 23.4 Å². The lowest BCUT2D eigenvalue weighted by Gasteiger charge is -2.26. The lowest BCUT2D eigenvalue weighted by atomic mass is 10.4. The van der Waals surface area contributed by atoms with Gasteiger partial charge in [-0.05, 0) is 24.3 Å². The first-order chi connectivity index (χ1) is 7.84. The zero-order valence-electron chi connectivity index (χ0n) is 9.19.